The minimum atomic E-state index is 0.705. The maximum atomic E-state index is 10.5. The second-order valence-corrected chi connectivity index (χ2v) is 3.86. The van der Waals surface area contributed by atoms with Gasteiger partial charge in [0.25, 0.3) is 0 Å². The van der Waals surface area contributed by atoms with Gasteiger partial charge in [-0.3, -0.25) is 4.79 Å². The molecule has 2 aromatic rings. The predicted octanol–water partition coefficient (Wildman–Crippen LogP) is 2.93. The molecule has 2 rings (SSSR count). The summed E-state index contributed by atoms with van der Waals surface area (Å²) in [6.45, 7) is 1.99. The van der Waals surface area contributed by atoms with E-state index in [9.17, 15) is 4.79 Å². The number of aldehydes is 1. The zero-order valence-corrected chi connectivity index (χ0v) is 8.54. The number of hydrogen-bond acceptors (Lipinski definition) is 3. The first-order chi connectivity index (χ1) is 6.81. The molecule has 0 aliphatic heterocycles. The van der Waals surface area contributed by atoms with Crippen molar-refractivity contribution in [3.8, 4) is 10.4 Å². The predicted molar refractivity (Wildman–Crippen MR) is 57.7 cm³/mol. The van der Waals surface area contributed by atoms with Crippen LogP contribution in [0.3, 0.4) is 0 Å². The number of carbonyl (C=O) groups is 1. The van der Waals surface area contributed by atoms with Gasteiger partial charge in [0.15, 0.2) is 0 Å². The van der Waals surface area contributed by atoms with Crippen molar-refractivity contribution < 1.29 is 4.79 Å². The topological polar surface area (TPSA) is 30.0 Å². The van der Waals surface area contributed by atoms with Crippen LogP contribution < -0.4 is 0 Å². The van der Waals surface area contributed by atoms with Crippen molar-refractivity contribution in [3.63, 3.8) is 0 Å². The Bertz CT molecular complexity index is 445. The summed E-state index contributed by atoms with van der Waals surface area (Å²) in [7, 11) is 0. The molecule has 0 aliphatic carbocycles. The third kappa shape index (κ3) is 1.59. The highest BCUT2D eigenvalue weighted by Gasteiger charge is 2.03. The van der Waals surface area contributed by atoms with Gasteiger partial charge in [0, 0.05) is 5.56 Å². The SMILES string of the molecule is Cc1ncsc1-c1ccc(C=O)cc1. The molecule has 0 N–H and O–H groups in total. The molecule has 3 heteroatoms. The van der Waals surface area contributed by atoms with Gasteiger partial charge >= 0.3 is 0 Å². The average molecular weight is 203 g/mol. The highest BCUT2D eigenvalue weighted by atomic mass is 32.1. The third-order valence-corrected chi connectivity index (χ3v) is 3.03. The third-order valence-electron chi connectivity index (χ3n) is 2.05. The van der Waals surface area contributed by atoms with Crippen LogP contribution in [0.15, 0.2) is 29.8 Å². The largest absolute Gasteiger partial charge is 0.298 e. The molecule has 0 aliphatic rings. The van der Waals surface area contributed by atoms with Crippen molar-refractivity contribution in [1.29, 1.82) is 0 Å². The summed E-state index contributed by atoms with van der Waals surface area (Å²) in [4.78, 5) is 15.8. The molecular formula is C11H9NOS. The first-order valence-corrected chi connectivity index (χ1v) is 5.15. The van der Waals surface area contributed by atoms with Crippen LogP contribution in [0.25, 0.3) is 10.4 Å². The van der Waals surface area contributed by atoms with E-state index in [0.717, 1.165) is 17.5 Å². The van der Waals surface area contributed by atoms with Crippen molar-refractivity contribution in [2.24, 2.45) is 0 Å². The van der Waals surface area contributed by atoms with Gasteiger partial charge < -0.3 is 0 Å². The number of rotatable bonds is 2. The van der Waals surface area contributed by atoms with Crippen molar-refractivity contribution in [2.75, 3.05) is 0 Å². The highest BCUT2D eigenvalue weighted by Crippen LogP contribution is 2.26. The van der Waals surface area contributed by atoms with Crippen molar-refractivity contribution in [3.05, 3.63) is 41.0 Å². The van der Waals surface area contributed by atoms with Gasteiger partial charge in [-0.05, 0) is 12.5 Å². The fraction of sp³-hybridized carbons (Fsp3) is 0.0909. The fourth-order valence-electron chi connectivity index (χ4n) is 1.29. The van der Waals surface area contributed by atoms with Crippen LogP contribution in [0.2, 0.25) is 0 Å². The molecule has 0 bridgehead atoms. The zero-order chi connectivity index (χ0) is 9.97. The first kappa shape index (κ1) is 9.09. The molecule has 14 heavy (non-hydrogen) atoms. The molecule has 0 fully saturated rings. The molecule has 0 unspecified atom stereocenters. The van der Waals surface area contributed by atoms with E-state index >= 15 is 0 Å². The summed E-state index contributed by atoms with van der Waals surface area (Å²) in [5, 5.41) is 0. The number of benzene rings is 1. The Morgan fingerprint density at radius 3 is 2.50 bits per heavy atom. The van der Waals surface area contributed by atoms with Crippen molar-refractivity contribution in [1.82, 2.24) is 4.98 Å². The van der Waals surface area contributed by atoms with Crippen LogP contribution in [0.4, 0.5) is 0 Å². The lowest BCUT2D eigenvalue weighted by Crippen LogP contribution is -1.81. The van der Waals surface area contributed by atoms with Crippen LogP contribution >= 0.6 is 11.3 Å². The summed E-state index contributed by atoms with van der Waals surface area (Å²) in [6.07, 6.45) is 0.851. The standard InChI is InChI=1S/C11H9NOS/c1-8-11(14-7-12-8)10-4-2-9(6-13)3-5-10/h2-7H,1H3. The number of nitrogens with zero attached hydrogens (tertiary/aromatic N) is 1. The van der Waals surface area contributed by atoms with Crippen molar-refractivity contribution in [2.45, 2.75) is 6.92 Å². The molecular weight excluding hydrogens is 194 g/mol. The van der Waals surface area contributed by atoms with E-state index in [4.69, 9.17) is 0 Å². The Kier molecular flexibility index (Phi) is 2.41. The minimum Gasteiger partial charge on any atom is -0.298 e. The highest BCUT2D eigenvalue weighted by molar-refractivity contribution is 7.13. The second kappa shape index (κ2) is 3.72. The average Bonchev–Trinajstić information content (AvgIpc) is 2.65. The number of hydrogen-bond donors (Lipinski definition) is 0. The molecule has 1 aromatic carbocycles. The lowest BCUT2D eigenvalue weighted by atomic mass is 10.1. The Labute approximate surface area is 86.2 Å². The number of aromatic nitrogens is 1. The maximum Gasteiger partial charge on any atom is 0.150 e. The molecule has 0 spiro atoms. The van der Waals surface area contributed by atoms with E-state index in [-0.39, 0.29) is 0 Å². The van der Waals surface area contributed by atoms with Crippen LogP contribution in [0.5, 0.6) is 0 Å². The lowest BCUT2D eigenvalue weighted by molar-refractivity contribution is 0.112. The summed E-state index contributed by atoms with van der Waals surface area (Å²) in [6, 6.07) is 7.54. The summed E-state index contributed by atoms with van der Waals surface area (Å²) >= 11 is 1.62. The van der Waals surface area contributed by atoms with Crippen LogP contribution in [-0.4, -0.2) is 11.3 Å². The zero-order valence-electron chi connectivity index (χ0n) is 7.73. The first-order valence-electron chi connectivity index (χ1n) is 4.27. The molecule has 0 saturated heterocycles. The Balaban J connectivity index is 2.43. The fourth-order valence-corrected chi connectivity index (χ4v) is 2.10. The molecule has 0 radical (unpaired) electrons. The van der Waals surface area contributed by atoms with E-state index in [2.05, 4.69) is 4.98 Å². The molecule has 0 saturated carbocycles. The minimum absolute atomic E-state index is 0.705. The van der Waals surface area contributed by atoms with E-state index < -0.39 is 0 Å². The van der Waals surface area contributed by atoms with Gasteiger partial charge in [0.1, 0.15) is 6.29 Å². The van der Waals surface area contributed by atoms with Gasteiger partial charge in [-0.1, -0.05) is 24.3 Å². The summed E-state index contributed by atoms with van der Waals surface area (Å²) in [5.74, 6) is 0. The number of carbonyl (C=O) groups excluding carboxylic acids is 1. The van der Waals surface area contributed by atoms with Crippen LogP contribution in [0, 0.1) is 6.92 Å². The second-order valence-electron chi connectivity index (χ2n) is 3.01. The van der Waals surface area contributed by atoms with Gasteiger partial charge in [-0.2, -0.15) is 0 Å². The Hall–Kier alpha value is -1.48. The molecule has 70 valence electrons. The van der Waals surface area contributed by atoms with Gasteiger partial charge in [-0.25, -0.2) is 4.98 Å². The van der Waals surface area contributed by atoms with E-state index in [1.165, 1.54) is 4.88 Å². The summed E-state index contributed by atoms with van der Waals surface area (Å²) in [5.41, 5.74) is 4.69. The molecule has 1 aromatic heterocycles. The normalized spacial score (nSPS) is 10.1. The Morgan fingerprint density at radius 1 is 1.29 bits per heavy atom. The van der Waals surface area contributed by atoms with Crippen LogP contribution in [0.1, 0.15) is 16.1 Å². The number of thiazole rings is 1. The monoisotopic (exact) mass is 203 g/mol. The quantitative estimate of drug-likeness (QED) is 0.702. The lowest BCUT2D eigenvalue weighted by Gasteiger charge is -1.98. The molecule has 0 atom stereocenters. The van der Waals surface area contributed by atoms with Gasteiger partial charge in [0.2, 0.25) is 0 Å². The van der Waals surface area contributed by atoms with E-state index in [1.54, 1.807) is 11.3 Å². The smallest absolute Gasteiger partial charge is 0.150 e. The van der Waals surface area contributed by atoms with E-state index in [1.807, 2.05) is 36.7 Å². The molecule has 0 amide bonds. The van der Waals surface area contributed by atoms with Gasteiger partial charge in [-0.15, -0.1) is 11.3 Å². The molecule has 1 heterocycles. The van der Waals surface area contributed by atoms with Gasteiger partial charge in [0.05, 0.1) is 16.1 Å². The summed E-state index contributed by atoms with van der Waals surface area (Å²) < 4.78 is 0. The Morgan fingerprint density at radius 2 is 2.00 bits per heavy atom. The maximum absolute atomic E-state index is 10.5. The number of aryl methyl sites for hydroxylation is 1. The van der Waals surface area contributed by atoms with Crippen LogP contribution in [-0.2, 0) is 0 Å². The van der Waals surface area contributed by atoms with E-state index in [0.29, 0.717) is 5.56 Å². The molecule has 2 nitrogen and oxygen atoms in total. The van der Waals surface area contributed by atoms with Crippen molar-refractivity contribution >= 4 is 17.6 Å².